The van der Waals surface area contributed by atoms with Gasteiger partial charge in [-0.05, 0) is 58.8 Å². The number of thioether (sulfide) groups is 1. The van der Waals surface area contributed by atoms with Crippen molar-refractivity contribution in [3.8, 4) is 5.75 Å². The highest BCUT2D eigenvalue weighted by atomic mass is 35.5. The molecule has 11 heteroatoms. The fourth-order valence-corrected chi connectivity index (χ4v) is 5.71. The Hall–Kier alpha value is -2.56. The van der Waals surface area contributed by atoms with E-state index in [1.807, 2.05) is 31.4 Å². The van der Waals surface area contributed by atoms with Crippen LogP contribution in [0.4, 0.5) is 10.2 Å². The van der Waals surface area contributed by atoms with E-state index in [0.717, 1.165) is 0 Å². The molecule has 36 heavy (non-hydrogen) atoms. The molecule has 4 N–H and O–H groups in total. The molecule has 1 aliphatic rings. The molecule has 1 saturated carbocycles. The van der Waals surface area contributed by atoms with Crippen molar-refractivity contribution in [1.29, 1.82) is 0 Å². The first-order valence-corrected chi connectivity index (χ1v) is 13.6. The Morgan fingerprint density at radius 2 is 2.06 bits per heavy atom. The Morgan fingerprint density at radius 3 is 2.69 bits per heavy atom. The number of carbonyl (C=O) groups excluding carboxylic acids is 1. The maximum atomic E-state index is 15.5. The Labute approximate surface area is 218 Å². The van der Waals surface area contributed by atoms with Gasteiger partial charge in [0, 0.05) is 24.0 Å². The van der Waals surface area contributed by atoms with Crippen LogP contribution in [0.1, 0.15) is 72.2 Å². The average molecular weight is 536 g/mol. The summed E-state index contributed by atoms with van der Waals surface area (Å²) < 4.78 is 23.4. The molecule has 8 nitrogen and oxygen atoms in total. The number of hydrogen-bond acceptors (Lipinski definition) is 7. The third-order valence-corrected chi connectivity index (χ3v) is 7.56. The second kappa shape index (κ2) is 10.8. The highest BCUT2D eigenvalue weighted by Gasteiger charge is 2.32. The number of nitrogens with two attached hydrogens (primary N) is 1. The molecule has 0 saturated heterocycles. The molecule has 1 atom stereocenters. The van der Waals surface area contributed by atoms with Crippen molar-refractivity contribution in [3.05, 3.63) is 51.9 Å². The monoisotopic (exact) mass is 535 g/mol. The summed E-state index contributed by atoms with van der Waals surface area (Å²) in [7, 11) is 0. The van der Waals surface area contributed by atoms with E-state index in [9.17, 15) is 9.90 Å². The standard InChI is InChI=1S/C25H31ClFN5O3S/c1-12(2)35-21-16(22(36-4)24-30-13(3)20-23(28)29-9-10-32(20)24)11-17(26)19(27)18(21)25(34)31-14-5-7-15(33)8-6-14/h9-12,14-15,22,33H,5-8H2,1-4H3,(H2,28,29)(H,31,34). The van der Waals surface area contributed by atoms with Gasteiger partial charge in [-0.3, -0.25) is 9.20 Å². The predicted molar refractivity (Wildman–Crippen MR) is 140 cm³/mol. The zero-order valence-corrected chi connectivity index (χ0v) is 22.3. The van der Waals surface area contributed by atoms with Gasteiger partial charge in [0.2, 0.25) is 0 Å². The fraction of sp³-hybridized carbons (Fsp3) is 0.480. The SMILES string of the molecule is CSC(c1cc(Cl)c(F)c(C(=O)NC2CCC(O)CC2)c1OC(C)C)c1nc(C)c2c(N)nccn12. The smallest absolute Gasteiger partial charge is 0.258 e. The zero-order valence-electron chi connectivity index (χ0n) is 20.7. The molecule has 1 aliphatic carbocycles. The number of nitrogen functional groups attached to an aromatic ring is 1. The Balaban J connectivity index is 1.85. The quantitative estimate of drug-likeness (QED) is 0.402. The molecule has 2 aromatic heterocycles. The summed E-state index contributed by atoms with van der Waals surface area (Å²) >= 11 is 7.82. The molecular formula is C25H31ClFN5O3S. The first-order chi connectivity index (χ1) is 17.1. The third-order valence-electron chi connectivity index (χ3n) is 6.35. The number of rotatable bonds is 7. The molecular weight excluding hydrogens is 505 g/mol. The van der Waals surface area contributed by atoms with Crippen LogP contribution in [-0.2, 0) is 0 Å². The molecule has 0 spiro atoms. The summed E-state index contributed by atoms with van der Waals surface area (Å²) in [5, 5.41) is 12.1. The molecule has 1 fully saturated rings. The number of aliphatic hydroxyl groups is 1. The van der Waals surface area contributed by atoms with E-state index < -0.39 is 17.0 Å². The molecule has 0 radical (unpaired) electrons. The van der Waals surface area contributed by atoms with Gasteiger partial charge >= 0.3 is 0 Å². The number of nitrogens with one attached hydrogen (secondary N) is 1. The lowest BCUT2D eigenvalue weighted by molar-refractivity contribution is 0.0858. The van der Waals surface area contributed by atoms with Gasteiger partial charge < -0.3 is 20.9 Å². The van der Waals surface area contributed by atoms with Crippen LogP contribution in [0, 0.1) is 12.7 Å². The van der Waals surface area contributed by atoms with Gasteiger partial charge in [0.25, 0.3) is 5.91 Å². The zero-order chi connectivity index (χ0) is 26.1. The number of anilines is 1. The number of carbonyl (C=O) groups is 1. The number of ether oxygens (including phenoxy) is 1. The number of benzene rings is 1. The number of nitrogens with zero attached hydrogens (tertiary/aromatic N) is 3. The van der Waals surface area contributed by atoms with Crippen LogP contribution in [0.15, 0.2) is 18.5 Å². The van der Waals surface area contributed by atoms with Gasteiger partial charge in [0.1, 0.15) is 28.5 Å². The van der Waals surface area contributed by atoms with Crippen LogP contribution >= 0.6 is 23.4 Å². The molecule has 2 heterocycles. The van der Waals surface area contributed by atoms with Crippen LogP contribution in [0.25, 0.3) is 5.52 Å². The lowest BCUT2D eigenvalue weighted by Crippen LogP contribution is -2.39. The number of halogens is 2. The second-order valence-corrected chi connectivity index (χ2v) is 10.7. The van der Waals surface area contributed by atoms with Crippen molar-refractivity contribution in [3.63, 3.8) is 0 Å². The maximum absolute atomic E-state index is 15.5. The van der Waals surface area contributed by atoms with E-state index >= 15 is 4.39 Å². The lowest BCUT2D eigenvalue weighted by Gasteiger charge is -2.27. The molecule has 3 aromatic rings. The lowest BCUT2D eigenvalue weighted by atomic mass is 9.92. The summed E-state index contributed by atoms with van der Waals surface area (Å²) in [5.41, 5.74) is 7.80. The molecule has 0 bridgehead atoms. The summed E-state index contributed by atoms with van der Waals surface area (Å²) in [6.45, 7) is 5.48. The van der Waals surface area contributed by atoms with Gasteiger partial charge in [-0.2, -0.15) is 0 Å². The van der Waals surface area contributed by atoms with Crippen LogP contribution in [0.3, 0.4) is 0 Å². The van der Waals surface area contributed by atoms with E-state index in [-0.39, 0.29) is 34.6 Å². The number of hydrogen-bond donors (Lipinski definition) is 3. The van der Waals surface area contributed by atoms with E-state index in [1.165, 1.54) is 17.8 Å². The average Bonchev–Trinajstić information content (AvgIpc) is 3.16. The normalized spacial score (nSPS) is 19.0. The molecule has 194 valence electrons. The van der Waals surface area contributed by atoms with Crippen LogP contribution < -0.4 is 15.8 Å². The first-order valence-electron chi connectivity index (χ1n) is 11.9. The molecule has 1 aromatic carbocycles. The topological polar surface area (TPSA) is 115 Å². The molecule has 4 rings (SSSR count). The Kier molecular flexibility index (Phi) is 7.96. The van der Waals surface area contributed by atoms with Crippen molar-refractivity contribution in [2.75, 3.05) is 12.0 Å². The number of amides is 1. The van der Waals surface area contributed by atoms with Crippen molar-refractivity contribution in [2.24, 2.45) is 0 Å². The van der Waals surface area contributed by atoms with Crippen LogP contribution in [0.5, 0.6) is 5.75 Å². The number of aliphatic hydroxyl groups excluding tert-OH is 1. The van der Waals surface area contributed by atoms with E-state index in [1.54, 1.807) is 12.4 Å². The van der Waals surface area contributed by atoms with E-state index in [2.05, 4.69) is 10.3 Å². The number of fused-ring (bicyclic) bond motifs is 1. The minimum Gasteiger partial charge on any atom is -0.490 e. The molecule has 0 aliphatic heterocycles. The maximum Gasteiger partial charge on any atom is 0.258 e. The third kappa shape index (κ3) is 5.12. The van der Waals surface area contributed by atoms with Gasteiger partial charge in [-0.1, -0.05) is 11.6 Å². The molecule has 1 amide bonds. The number of aryl methyl sites for hydroxylation is 1. The molecule has 1 unspecified atom stereocenters. The van der Waals surface area contributed by atoms with E-state index in [0.29, 0.717) is 54.1 Å². The summed E-state index contributed by atoms with van der Waals surface area (Å²) in [6, 6.07) is 1.34. The van der Waals surface area contributed by atoms with Gasteiger partial charge in [0.05, 0.1) is 28.2 Å². The van der Waals surface area contributed by atoms with Gasteiger partial charge in [-0.15, -0.1) is 11.8 Å². The first kappa shape index (κ1) is 26.5. The van der Waals surface area contributed by atoms with Crippen molar-refractivity contribution < 1.29 is 19.0 Å². The van der Waals surface area contributed by atoms with E-state index in [4.69, 9.17) is 27.1 Å². The van der Waals surface area contributed by atoms with Crippen LogP contribution in [0.2, 0.25) is 5.02 Å². The Morgan fingerprint density at radius 1 is 1.36 bits per heavy atom. The number of aromatic nitrogens is 3. The Bertz CT molecular complexity index is 1280. The van der Waals surface area contributed by atoms with Crippen molar-refractivity contribution in [2.45, 2.75) is 70.0 Å². The minimum absolute atomic E-state index is 0.135. The predicted octanol–water partition coefficient (Wildman–Crippen LogP) is 4.69. The largest absolute Gasteiger partial charge is 0.490 e. The summed E-state index contributed by atoms with van der Waals surface area (Å²) in [6.07, 6.45) is 6.96. The van der Waals surface area contributed by atoms with Crippen LogP contribution in [-0.4, -0.2) is 49.9 Å². The summed E-state index contributed by atoms with van der Waals surface area (Å²) in [5.74, 6) is -0.307. The van der Waals surface area contributed by atoms with Crippen molar-refractivity contribution >= 4 is 40.6 Å². The van der Waals surface area contributed by atoms with Gasteiger partial charge in [0.15, 0.2) is 5.82 Å². The highest BCUT2D eigenvalue weighted by molar-refractivity contribution is 7.99. The summed E-state index contributed by atoms with van der Waals surface area (Å²) in [4.78, 5) is 22.3. The minimum atomic E-state index is -0.832. The number of imidazole rings is 1. The van der Waals surface area contributed by atoms with Gasteiger partial charge in [-0.25, -0.2) is 14.4 Å². The second-order valence-electron chi connectivity index (χ2n) is 9.31. The highest BCUT2D eigenvalue weighted by Crippen LogP contribution is 2.44. The fourth-order valence-electron chi connectivity index (χ4n) is 4.69. The van der Waals surface area contributed by atoms with Crippen molar-refractivity contribution in [1.82, 2.24) is 19.7 Å².